The molecule has 18 heavy (non-hydrogen) atoms. The van der Waals surface area contributed by atoms with E-state index in [1.165, 1.54) is 6.20 Å². The van der Waals surface area contributed by atoms with Crippen LogP contribution in [0.15, 0.2) is 30.0 Å². The topological polar surface area (TPSA) is 62.1 Å². The summed E-state index contributed by atoms with van der Waals surface area (Å²) in [5.41, 5.74) is 0.404. The van der Waals surface area contributed by atoms with Crippen molar-refractivity contribution in [2.45, 2.75) is 6.92 Å². The Morgan fingerprint density at radius 1 is 1.56 bits per heavy atom. The van der Waals surface area contributed by atoms with Crippen molar-refractivity contribution in [1.29, 1.82) is 5.26 Å². The highest BCUT2D eigenvalue weighted by Gasteiger charge is 2.09. The Labute approximate surface area is 115 Å². The molecule has 1 aromatic carbocycles. The van der Waals surface area contributed by atoms with Gasteiger partial charge < -0.3 is 10.1 Å². The predicted octanol–water partition coefficient (Wildman–Crippen LogP) is 3.38. The van der Waals surface area contributed by atoms with Gasteiger partial charge in [0.05, 0.1) is 17.3 Å². The number of carbonyl (C=O) groups excluding carboxylic acids is 1. The largest absolute Gasteiger partial charge is 0.462 e. The summed E-state index contributed by atoms with van der Waals surface area (Å²) in [4.78, 5) is 11.3. The van der Waals surface area contributed by atoms with Crippen molar-refractivity contribution in [3.05, 3.63) is 40.0 Å². The fourth-order valence-electron chi connectivity index (χ4n) is 1.10. The van der Waals surface area contributed by atoms with E-state index in [4.69, 9.17) is 33.2 Å². The zero-order valence-corrected chi connectivity index (χ0v) is 11.0. The van der Waals surface area contributed by atoms with Crippen LogP contribution in [0.1, 0.15) is 6.92 Å². The summed E-state index contributed by atoms with van der Waals surface area (Å²) in [5, 5.41) is 12.4. The van der Waals surface area contributed by atoms with Gasteiger partial charge in [0.2, 0.25) is 0 Å². The zero-order valence-electron chi connectivity index (χ0n) is 9.54. The van der Waals surface area contributed by atoms with Gasteiger partial charge in [0.15, 0.2) is 5.57 Å². The number of hydrogen-bond donors (Lipinski definition) is 1. The molecule has 0 saturated carbocycles. The number of nitrogens with zero attached hydrogens (tertiary/aromatic N) is 1. The van der Waals surface area contributed by atoms with Crippen LogP contribution in [-0.4, -0.2) is 12.6 Å². The van der Waals surface area contributed by atoms with E-state index >= 15 is 0 Å². The molecule has 1 N–H and O–H groups in total. The van der Waals surface area contributed by atoms with E-state index in [9.17, 15) is 4.79 Å². The maximum absolute atomic E-state index is 11.3. The second-order valence-electron chi connectivity index (χ2n) is 3.16. The second-order valence-corrected chi connectivity index (χ2v) is 4.00. The van der Waals surface area contributed by atoms with Crippen LogP contribution >= 0.6 is 23.2 Å². The molecular formula is C12H10Cl2N2O2. The molecule has 6 heteroatoms. The van der Waals surface area contributed by atoms with E-state index in [2.05, 4.69) is 5.32 Å². The van der Waals surface area contributed by atoms with Gasteiger partial charge in [-0.05, 0) is 25.1 Å². The molecule has 0 amide bonds. The SMILES string of the molecule is CCOC(=O)/C(C#N)=C\Nc1ccc(Cl)cc1Cl. The van der Waals surface area contributed by atoms with Crippen molar-refractivity contribution in [2.75, 3.05) is 11.9 Å². The number of hydrogen-bond acceptors (Lipinski definition) is 4. The van der Waals surface area contributed by atoms with Crippen molar-refractivity contribution in [3.8, 4) is 6.07 Å². The van der Waals surface area contributed by atoms with Gasteiger partial charge in [-0.15, -0.1) is 0 Å². The van der Waals surface area contributed by atoms with E-state index in [0.29, 0.717) is 15.7 Å². The van der Waals surface area contributed by atoms with E-state index in [0.717, 1.165) is 0 Å². The molecule has 94 valence electrons. The minimum atomic E-state index is -0.683. The molecule has 0 aliphatic heterocycles. The van der Waals surface area contributed by atoms with Crippen LogP contribution < -0.4 is 5.32 Å². The van der Waals surface area contributed by atoms with E-state index in [1.54, 1.807) is 31.2 Å². The molecule has 1 rings (SSSR count). The molecule has 1 aromatic rings. The summed E-state index contributed by atoms with van der Waals surface area (Å²) in [6.07, 6.45) is 1.24. The molecule has 0 radical (unpaired) electrons. The number of anilines is 1. The van der Waals surface area contributed by atoms with Crippen LogP contribution in [0.4, 0.5) is 5.69 Å². The number of nitriles is 1. The van der Waals surface area contributed by atoms with Gasteiger partial charge in [-0.1, -0.05) is 23.2 Å². The molecule has 0 saturated heterocycles. The molecular weight excluding hydrogens is 275 g/mol. The number of nitrogens with one attached hydrogen (secondary N) is 1. The maximum atomic E-state index is 11.3. The van der Waals surface area contributed by atoms with Crippen molar-refractivity contribution < 1.29 is 9.53 Å². The van der Waals surface area contributed by atoms with Crippen molar-refractivity contribution in [3.63, 3.8) is 0 Å². The Morgan fingerprint density at radius 3 is 2.83 bits per heavy atom. The Balaban J connectivity index is 2.84. The third-order valence-electron chi connectivity index (χ3n) is 1.92. The highest BCUT2D eigenvalue weighted by Crippen LogP contribution is 2.25. The Kier molecular flexibility index (Phi) is 5.50. The van der Waals surface area contributed by atoms with Crippen molar-refractivity contribution >= 4 is 34.9 Å². The first-order valence-electron chi connectivity index (χ1n) is 5.07. The van der Waals surface area contributed by atoms with Crippen LogP contribution in [0, 0.1) is 11.3 Å². The first-order chi connectivity index (χ1) is 8.58. The van der Waals surface area contributed by atoms with Gasteiger partial charge >= 0.3 is 5.97 Å². The van der Waals surface area contributed by atoms with Gasteiger partial charge in [0.1, 0.15) is 6.07 Å². The standard InChI is InChI=1S/C12H10Cl2N2O2/c1-2-18-12(17)8(6-15)7-16-11-4-3-9(13)5-10(11)14/h3-5,7,16H,2H2,1H3/b8-7-. The van der Waals surface area contributed by atoms with Gasteiger partial charge in [0.25, 0.3) is 0 Å². The van der Waals surface area contributed by atoms with Crippen LogP contribution in [0.2, 0.25) is 10.0 Å². The van der Waals surface area contributed by atoms with E-state index in [1.807, 2.05) is 0 Å². The molecule has 0 bridgehead atoms. The number of carbonyl (C=O) groups is 1. The lowest BCUT2D eigenvalue weighted by molar-refractivity contribution is -0.138. The first kappa shape index (κ1) is 14.4. The average Bonchev–Trinajstić information content (AvgIpc) is 2.32. The lowest BCUT2D eigenvalue weighted by Gasteiger charge is -2.05. The summed E-state index contributed by atoms with van der Waals surface area (Å²) >= 11 is 11.7. The van der Waals surface area contributed by atoms with E-state index in [-0.39, 0.29) is 12.2 Å². The smallest absolute Gasteiger partial charge is 0.350 e. The second kappa shape index (κ2) is 6.90. The normalized spacial score (nSPS) is 10.7. The van der Waals surface area contributed by atoms with Crippen LogP contribution in [-0.2, 0) is 9.53 Å². The van der Waals surface area contributed by atoms with Crippen LogP contribution in [0.5, 0.6) is 0 Å². The minimum absolute atomic E-state index is 0.136. The molecule has 0 atom stereocenters. The molecule has 4 nitrogen and oxygen atoms in total. The van der Waals surface area contributed by atoms with Crippen LogP contribution in [0.25, 0.3) is 0 Å². The molecule has 0 aromatic heterocycles. The molecule has 0 aliphatic rings. The van der Waals surface area contributed by atoms with Crippen molar-refractivity contribution in [2.24, 2.45) is 0 Å². The summed E-state index contributed by atoms with van der Waals surface area (Å²) in [7, 11) is 0. The fourth-order valence-corrected chi connectivity index (χ4v) is 1.57. The first-order valence-corrected chi connectivity index (χ1v) is 5.83. The monoisotopic (exact) mass is 284 g/mol. The third-order valence-corrected chi connectivity index (χ3v) is 2.47. The summed E-state index contributed by atoms with van der Waals surface area (Å²) in [6.45, 7) is 1.87. The number of rotatable bonds is 4. The Bertz CT molecular complexity index is 521. The number of ether oxygens (including phenoxy) is 1. The van der Waals surface area contributed by atoms with Crippen molar-refractivity contribution in [1.82, 2.24) is 0 Å². The quantitative estimate of drug-likeness (QED) is 0.523. The highest BCUT2D eigenvalue weighted by atomic mass is 35.5. The third kappa shape index (κ3) is 3.95. The summed E-state index contributed by atoms with van der Waals surface area (Å²) in [5.74, 6) is -0.683. The number of benzene rings is 1. The summed E-state index contributed by atoms with van der Waals surface area (Å²) < 4.78 is 4.71. The zero-order chi connectivity index (χ0) is 13.5. The molecule has 0 heterocycles. The van der Waals surface area contributed by atoms with Crippen LogP contribution in [0.3, 0.4) is 0 Å². The number of esters is 1. The van der Waals surface area contributed by atoms with Gasteiger partial charge in [-0.25, -0.2) is 4.79 Å². The van der Waals surface area contributed by atoms with Gasteiger partial charge in [-0.2, -0.15) is 5.26 Å². The molecule has 0 unspecified atom stereocenters. The molecule has 0 aliphatic carbocycles. The molecule has 0 fully saturated rings. The summed E-state index contributed by atoms with van der Waals surface area (Å²) in [6, 6.07) is 6.57. The maximum Gasteiger partial charge on any atom is 0.350 e. The number of halogens is 2. The van der Waals surface area contributed by atoms with Gasteiger partial charge in [-0.3, -0.25) is 0 Å². The average molecular weight is 285 g/mol. The van der Waals surface area contributed by atoms with E-state index < -0.39 is 5.97 Å². The Hall–Kier alpha value is -1.70. The predicted molar refractivity (Wildman–Crippen MR) is 70.4 cm³/mol. The van der Waals surface area contributed by atoms with Gasteiger partial charge in [0, 0.05) is 11.2 Å². The minimum Gasteiger partial charge on any atom is -0.462 e. The fraction of sp³-hybridized carbons (Fsp3) is 0.167. The highest BCUT2D eigenvalue weighted by molar-refractivity contribution is 6.36. The Morgan fingerprint density at radius 2 is 2.28 bits per heavy atom. The lowest BCUT2D eigenvalue weighted by atomic mass is 10.3. The molecule has 0 spiro atoms. The lowest BCUT2D eigenvalue weighted by Crippen LogP contribution is -2.07.